The summed E-state index contributed by atoms with van der Waals surface area (Å²) in [5.74, 6) is 0. The molecule has 0 radical (unpaired) electrons. The molecule has 0 aromatic carbocycles. The lowest BCUT2D eigenvalue weighted by molar-refractivity contribution is 0.674. The monoisotopic (exact) mass is 122 g/mol. The molecule has 1 N–H and O–H groups in total. The van der Waals surface area contributed by atoms with Crippen molar-refractivity contribution < 1.29 is 0 Å². The van der Waals surface area contributed by atoms with Gasteiger partial charge in [-0.15, -0.1) is 0 Å². The molecule has 1 aliphatic heterocycles. The second-order valence-corrected chi connectivity index (χ2v) is 2.25. The smallest absolute Gasteiger partial charge is 0.0965 e. The molecular weight excluding hydrogens is 112 g/mol. The first kappa shape index (κ1) is 6.15. The van der Waals surface area contributed by atoms with Crippen molar-refractivity contribution in [3.8, 4) is 6.07 Å². The largest absolute Gasteiger partial charge is 0.388 e. The Kier molecular flexibility index (Phi) is 1.74. The predicted molar refractivity (Wildman–Crippen MR) is 35.5 cm³/mol. The van der Waals surface area contributed by atoms with E-state index in [4.69, 9.17) is 5.26 Å². The minimum atomic E-state index is 0.918. The van der Waals surface area contributed by atoms with E-state index in [0.29, 0.717) is 0 Å². The second-order valence-electron chi connectivity index (χ2n) is 2.25. The van der Waals surface area contributed by atoms with Gasteiger partial charge in [-0.1, -0.05) is 0 Å². The Bertz CT molecular complexity index is 174. The first-order chi connectivity index (χ1) is 4.34. The van der Waals surface area contributed by atoms with Crippen LogP contribution in [0.4, 0.5) is 0 Å². The van der Waals surface area contributed by atoms with Gasteiger partial charge in [-0.25, -0.2) is 0 Å². The summed E-state index contributed by atoms with van der Waals surface area (Å²) in [7, 11) is 0. The van der Waals surface area contributed by atoms with Crippen molar-refractivity contribution in [2.45, 2.75) is 19.8 Å². The van der Waals surface area contributed by atoms with Crippen molar-refractivity contribution in [1.82, 2.24) is 5.32 Å². The SMILES string of the molecule is CC1=C(C#N)CCCN1. The molecule has 0 atom stereocenters. The van der Waals surface area contributed by atoms with E-state index in [2.05, 4.69) is 11.4 Å². The standard InChI is InChI=1S/C7H10N2/c1-6-7(5-8)3-2-4-9-6/h9H,2-4H2,1H3. The summed E-state index contributed by atoms with van der Waals surface area (Å²) in [5.41, 5.74) is 1.98. The van der Waals surface area contributed by atoms with Crippen LogP contribution in [0.15, 0.2) is 11.3 Å². The molecule has 48 valence electrons. The lowest BCUT2D eigenvalue weighted by Crippen LogP contribution is -2.19. The van der Waals surface area contributed by atoms with Crippen LogP contribution >= 0.6 is 0 Å². The zero-order chi connectivity index (χ0) is 6.69. The molecule has 0 unspecified atom stereocenters. The van der Waals surface area contributed by atoms with Crippen molar-refractivity contribution in [1.29, 1.82) is 5.26 Å². The molecule has 0 amide bonds. The molecule has 1 rings (SSSR count). The molecular formula is C7H10N2. The Hall–Kier alpha value is -0.970. The number of nitrogens with zero attached hydrogens (tertiary/aromatic N) is 1. The van der Waals surface area contributed by atoms with Crippen molar-refractivity contribution in [3.63, 3.8) is 0 Å². The number of nitriles is 1. The van der Waals surface area contributed by atoms with Gasteiger partial charge in [0.1, 0.15) is 0 Å². The van der Waals surface area contributed by atoms with Crippen LogP contribution in [0.5, 0.6) is 0 Å². The van der Waals surface area contributed by atoms with Gasteiger partial charge in [0.15, 0.2) is 0 Å². The number of rotatable bonds is 0. The fourth-order valence-electron chi connectivity index (χ4n) is 0.975. The Morgan fingerprint density at radius 3 is 2.89 bits per heavy atom. The Morgan fingerprint density at radius 2 is 2.44 bits per heavy atom. The van der Waals surface area contributed by atoms with Crippen LogP contribution in [-0.2, 0) is 0 Å². The molecule has 0 aromatic rings. The fourth-order valence-corrected chi connectivity index (χ4v) is 0.975. The number of hydrogen-bond acceptors (Lipinski definition) is 2. The van der Waals surface area contributed by atoms with E-state index in [-0.39, 0.29) is 0 Å². The van der Waals surface area contributed by atoms with Crippen molar-refractivity contribution >= 4 is 0 Å². The molecule has 0 bridgehead atoms. The summed E-state index contributed by atoms with van der Waals surface area (Å²) in [6.07, 6.45) is 2.05. The maximum Gasteiger partial charge on any atom is 0.0965 e. The minimum absolute atomic E-state index is 0.918. The third-order valence-corrected chi connectivity index (χ3v) is 1.58. The Labute approximate surface area is 55.2 Å². The van der Waals surface area contributed by atoms with Gasteiger partial charge in [0.05, 0.1) is 6.07 Å². The normalized spacial score (nSPS) is 18.7. The highest BCUT2D eigenvalue weighted by Crippen LogP contribution is 2.11. The maximum atomic E-state index is 8.51. The maximum absolute atomic E-state index is 8.51. The average Bonchev–Trinajstić information content (AvgIpc) is 1.89. The van der Waals surface area contributed by atoms with E-state index in [1.165, 1.54) is 0 Å². The van der Waals surface area contributed by atoms with E-state index >= 15 is 0 Å². The zero-order valence-electron chi connectivity index (χ0n) is 5.57. The minimum Gasteiger partial charge on any atom is -0.388 e. The van der Waals surface area contributed by atoms with Gasteiger partial charge in [0.25, 0.3) is 0 Å². The summed E-state index contributed by atoms with van der Waals surface area (Å²) >= 11 is 0. The van der Waals surface area contributed by atoms with Crippen LogP contribution in [-0.4, -0.2) is 6.54 Å². The summed E-state index contributed by atoms with van der Waals surface area (Å²) in [6, 6.07) is 2.17. The first-order valence-corrected chi connectivity index (χ1v) is 3.18. The average molecular weight is 122 g/mol. The van der Waals surface area contributed by atoms with E-state index in [0.717, 1.165) is 30.7 Å². The molecule has 1 heterocycles. The van der Waals surface area contributed by atoms with Gasteiger partial charge >= 0.3 is 0 Å². The second kappa shape index (κ2) is 2.54. The molecule has 0 saturated carbocycles. The molecule has 9 heavy (non-hydrogen) atoms. The molecule has 1 aliphatic rings. The lowest BCUT2D eigenvalue weighted by Gasteiger charge is -2.13. The number of hydrogen-bond donors (Lipinski definition) is 1. The molecule has 2 heteroatoms. The molecule has 0 fully saturated rings. The molecule has 0 aromatic heterocycles. The first-order valence-electron chi connectivity index (χ1n) is 3.18. The summed E-state index contributed by atoms with van der Waals surface area (Å²) < 4.78 is 0. The van der Waals surface area contributed by atoms with Crippen LogP contribution in [0.2, 0.25) is 0 Å². The summed E-state index contributed by atoms with van der Waals surface area (Å²) in [4.78, 5) is 0. The molecule has 2 nitrogen and oxygen atoms in total. The number of nitrogens with one attached hydrogen (secondary N) is 1. The van der Waals surface area contributed by atoms with Crippen LogP contribution in [0.1, 0.15) is 19.8 Å². The van der Waals surface area contributed by atoms with Gasteiger partial charge in [-0.3, -0.25) is 0 Å². The lowest BCUT2D eigenvalue weighted by atomic mass is 10.1. The van der Waals surface area contributed by atoms with E-state index in [1.54, 1.807) is 0 Å². The third-order valence-electron chi connectivity index (χ3n) is 1.58. The Balaban J connectivity index is 2.74. The van der Waals surface area contributed by atoms with E-state index in [9.17, 15) is 0 Å². The van der Waals surface area contributed by atoms with Crippen LogP contribution < -0.4 is 5.32 Å². The van der Waals surface area contributed by atoms with Gasteiger partial charge in [0, 0.05) is 17.8 Å². The predicted octanol–water partition coefficient (Wildman–Crippen LogP) is 1.17. The number of allylic oxidation sites excluding steroid dienone is 2. The zero-order valence-corrected chi connectivity index (χ0v) is 5.57. The highest BCUT2D eigenvalue weighted by molar-refractivity contribution is 5.27. The van der Waals surface area contributed by atoms with Gasteiger partial charge in [0.2, 0.25) is 0 Å². The van der Waals surface area contributed by atoms with Gasteiger partial charge < -0.3 is 5.32 Å². The van der Waals surface area contributed by atoms with Crippen molar-refractivity contribution in [2.24, 2.45) is 0 Å². The third kappa shape index (κ3) is 1.23. The van der Waals surface area contributed by atoms with E-state index < -0.39 is 0 Å². The van der Waals surface area contributed by atoms with Crippen LogP contribution in [0, 0.1) is 11.3 Å². The van der Waals surface area contributed by atoms with Crippen molar-refractivity contribution in [3.05, 3.63) is 11.3 Å². The highest BCUT2D eigenvalue weighted by atomic mass is 14.9. The highest BCUT2D eigenvalue weighted by Gasteiger charge is 2.05. The van der Waals surface area contributed by atoms with Crippen LogP contribution in [0.25, 0.3) is 0 Å². The van der Waals surface area contributed by atoms with Gasteiger partial charge in [-0.05, 0) is 19.8 Å². The summed E-state index contributed by atoms with van der Waals surface area (Å²) in [6.45, 7) is 2.98. The molecule has 0 spiro atoms. The Morgan fingerprint density at radius 1 is 1.67 bits per heavy atom. The van der Waals surface area contributed by atoms with E-state index in [1.807, 2.05) is 6.92 Å². The van der Waals surface area contributed by atoms with Crippen LogP contribution in [0.3, 0.4) is 0 Å². The fraction of sp³-hybridized carbons (Fsp3) is 0.571. The molecule has 0 saturated heterocycles. The van der Waals surface area contributed by atoms with Gasteiger partial charge in [-0.2, -0.15) is 5.26 Å². The summed E-state index contributed by atoms with van der Waals surface area (Å²) in [5, 5.41) is 11.7. The molecule has 0 aliphatic carbocycles. The topological polar surface area (TPSA) is 35.8 Å². The van der Waals surface area contributed by atoms with Crippen molar-refractivity contribution in [2.75, 3.05) is 6.54 Å². The quantitative estimate of drug-likeness (QED) is 0.523.